The van der Waals surface area contributed by atoms with E-state index in [9.17, 15) is 19.5 Å². The van der Waals surface area contributed by atoms with E-state index < -0.39 is 28.7 Å². The van der Waals surface area contributed by atoms with Crippen molar-refractivity contribution in [2.45, 2.75) is 48.3 Å². The quantitative estimate of drug-likeness (QED) is 0.380. The third-order valence-electron chi connectivity index (χ3n) is 8.99. The lowest BCUT2D eigenvalue weighted by Crippen LogP contribution is -2.58. The number of benzene rings is 2. The maximum Gasteiger partial charge on any atom is 0.251 e. The van der Waals surface area contributed by atoms with Crippen LogP contribution in [0.4, 0.5) is 5.69 Å². The molecule has 6 atom stereocenters. The van der Waals surface area contributed by atoms with E-state index in [1.54, 1.807) is 51.7 Å². The van der Waals surface area contributed by atoms with Crippen molar-refractivity contribution < 1.29 is 19.5 Å². The van der Waals surface area contributed by atoms with Crippen molar-refractivity contribution in [2.75, 3.05) is 31.6 Å². The molecule has 1 N–H and O–H groups in total. The maximum atomic E-state index is 14.9. The lowest BCUT2D eigenvalue weighted by molar-refractivity contribution is -0.144. The Bertz CT molecular complexity index is 1370. The summed E-state index contributed by atoms with van der Waals surface area (Å²) in [6, 6.07) is 13.6. The molecule has 2 aromatic rings. The van der Waals surface area contributed by atoms with Gasteiger partial charge < -0.3 is 19.8 Å². The van der Waals surface area contributed by atoms with Gasteiger partial charge in [0.05, 0.1) is 39.9 Å². The Labute approximate surface area is 257 Å². The first-order chi connectivity index (χ1) is 20.2. The molecule has 0 radical (unpaired) electrons. The SMILES string of the molecule is C=CCN(C)C(=O)[C@@H]1[C@H]2C(=O)N([C@@H](CO)Cc3ccccc3)C(C(=O)N(CC=C)c3c(C)cccc3Cl)C23CC[C@H]1S3. The fourth-order valence-corrected chi connectivity index (χ4v) is 9.77. The van der Waals surface area contributed by atoms with Gasteiger partial charge in [0.1, 0.15) is 6.04 Å². The number of anilines is 1. The molecule has 222 valence electrons. The molecular formula is C33H38ClN3O4S. The number of thioether (sulfide) groups is 1. The van der Waals surface area contributed by atoms with Crippen LogP contribution in [0.5, 0.6) is 0 Å². The van der Waals surface area contributed by atoms with E-state index in [4.69, 9.17) is 11.6 Å². The highest BCUT2D eigenvalue weighted by Gasteiger charge is 2.74. The smallest absolute Gasteiger partial charge is 0.251 e. The van der Waals surface area contributed by atoms with Gasteiger partial charge in [0.25, 0.3) is 5.91 Å². The van der Waals surface area contributed by atoms with Gasteiger partial charge in [-0.3, -0.25) is 14.4 Å². The molecule has 5 rings (SSSR count). The molecule has 0 aliphatic carbocycles. The summed E-state index contributed by atoms with van der Waals surface area (Å²) in [6.45, 7) is 9.82. The highest BCUT2D eigenvalue weighted by molar-refractivity contribution is 8.02. The van der Waals surface area contributed by atoms with Crippen LogP contribution in [0.25, 0.3) is 0 Å². The van der Waals surface area contributed by atoms with Crippen LogP contribution in [0, 0.1) is 18.8 Å². The molecule has 9 heteroatoms. The van der Waals surface area contributed by atoms with Crippen molar-refractivity contribution in [3.63, 3.8) is 0 Å². The van der Waals surface area contributed by atoms with E-state index in [0.29, 0.717) is 30.1 Å². The first kappa shape index (κ1) is 30.4. The standard InChI is InChI=1S/C33H38ClN3O4S/c1-5-17-35(4)30(39)26-25-15-16-33(42-25)27(26)31(40)37(23(20-38)19-22-12-8-7-9-13-22)29(33)32(41)36(18-6-2)28-21(3)11-10-14-24(28)34/h5-14,23,25-27,29,38H,1-2,15-20H2,3-4H3/t23-,25-,26+,27+,29?,33?/m1/s1. The van der Waals surface area contributed by atoms with Gasteiger partial charge in [0.15, 0.2) is 0 Å². The number of fused-ring (bicyclic) bond motifs is 1. The number of aliphatic hydroxyl groups excluding tert-OH is 1. The number of carbonyl (C=O) groups excluding carboxylic acids is 3. The van der Waals surface area contributed by atoms with Gasteiger partial charge in [-0.1, -0.05) is 66.2 Å². The average molecular weight is 608 g/mol. The molecule has 2 aromatic carbocycles. The molecular weight excluding hydrogens is 570 g/mol. The van der Waals surface area contributed by atoms with Crippen molar-refractivity contribution in [3.8, 4) is 0 Å². The zero-order chi connectivity index (χ0) is 30.2. The summed E-state index contributed by atoms with van der Waals surface area (Å²) < 4.78 is -0.799. The Hall–Kier alpha value is -3.07. The molecule has 2 bridgehead atoms. The first-order valence-corrected chi connectivity index (χ1v) is 15.6. The van der Waals surface area contributed by atoms with Crippen LogP contribution in [0.1, 0.15) is 24.0 Å². The monoisotopic (exact) mass is 607 g/mol. The number of hydrogen-bond donors (Lipinski definition) is 1. The van der Waals surface area contributed by atoms with Crippen LogP contribution in [0.15, 0.2) is 73.8 Å². The Morgan fingerprint density at radius 1 is 1.14 bits per heavy atom. The number of amides is 3. The Morgan fingerprint density at radius 2 is 1.86 bits per heavy atom. The number of para-hydroxylation sites is 1. The number of nitrogens with zero attached hydrogens (tertiary/aromatic N) is 3. The third-order valence-corrected chi connectivity index (χ3v) is 11.2. The number of rotatable bonds is 11. The first-order valence-electron chi connectivity index (χ1n) is 14.4. The predicted octanol–water partition coefficient (Wildman–Crippen LogP) is 4.51. The Kier molecular flexibility index (Phi) is 8.88. The minimum Gasteiger partial charge on any atom is -0.394 e. The highest BCUT2D eigenvalue weighted by atomic mass is 35.5. The molecule has 3 saturated heterocycles. The topological polar surface area (TPSA) is 81.2 Å². The van der Waals surface area contributed by atoms with Crippen molar-refractivity contribution in [2.24, 2.45) is 11.8 Å². The van der Waals surface area contributed by atoms with E-state index in [-0.39, 0.29) is 36.1 Å². The largest absolute Gasteiger partial charge is 0.394 e. The summed E-state index contributed by atoms with van der Waals surface area (Å²) in [5.74, 6) is -1.83. The van der Waals surface area contributed by atoms with E-state index in [2.05, 4.69) is 13.2 Å². The van der Waals surface area contributed by atoms with Crippen molar-refractivity contribution >= 4 is 46.8 Å². The Balaban J connectivity index is 1.63. The second kappa shape index (κ2) is 12.3. The van der Waals surface area contributed by atoms with Crippen molar-refractivity contribution in [1.82, 2.24) is 9.80 Å². The molecule has 0 aromatic heterocycles. The number of aliphatic hydroxyl groups is 1. The number of likely N-dealkylation sites (tertiary alicyclic amines) is 1. The van der Waals surface area contributed by atoms with Crippen LogP contribution < -0.4 is 4.90 Å². The van der Waals surface area contributed by atoms with E-state index in [1.165, 1.54) is 0 Å². The molecule has 3 fully saturated rings. The molecule has 7 nitrogen and oxygen atoms in total. The van der Waals surface area contributed by atoms with Gasteiger partial charge >= 0.3 is 0 Å². The maximum absolute atomic E-state index is 14.9. The minimum atomic E-state index is -0.885. The number of halogens is 1. The third kappa shape index (κ3) is 4.97. The number of aryl methyl sites for hydroxylation is 1. The van der Waals surface area contributed by atoms with Gasteiger partial charge in [0, 0.05) is 25.4 Å². The summed E-state index contributed by atoms with van der Waals surface area (Å²) in [6.07, 6.45) is 5.07. The molecule has 0 saturated carbocycles. The van der Waals surface area contributed by atoms with Crippen LogP contribution in [-0.2, 0) is 20.8 Å². The second-order valence-corrected chi connectivity index (χ2v) is 13.5. The average Bonchev–Trinajstić information content (AvgIpc) is 3.62. The van der Waals surface area contributed by atoms with E-state index in [0.717, 1.165) is 17.5 Å². The zero-order valence-corrected chi connectivity index (χ0v) is 25.7. The Morgan fingerprint density at radius 3 is 2.50 bits per heavy atom. The van der Waals surface area contributed by atoms with Gasteiger partial charge in [-0.2, -0.15) is 0 Å². The highest BCUT2D eigenvalue weighted by Crippen LogP contribution is 2.67. The lowest BCUT2D eigenvalue weighted by Gasteiger charge is -2.40. The van der Waals surface area contributed by atoms with E-state index in [1.807, 2.05) is 49.4 Å². The number of likely N-dealkylation sites (N-methyl/N-ethyl adjacent to an activating group) is 1. The summed E-state index contributed by atoms with van der Waals surface area (Å²) in [5.41, 5.74) is 2.36. The van der Waals surface area contributed by atoms with Gasteiger partial charge in [0.2, 0.25) is 11.8 Å². The van der Waals surface area contributed by atoms with Crippen molar-refractivity contribution in [3.05, 3.63) is 90.0 Å². The zero-order valence-electron chi connectivity index (χ0n) is 24.1. The molecule has 3 aliphatic rings. The van der Waals surface area contributed by atoms with Crippen LogP contribution in [-0.4, -0.2) is 81.5 Å². The summed E-state index contributed by atoms with van der Waals surface area (Å²) in [5, 5.41) is 11.1. The molecule has 3 aliphatic heterocycles. The fraction of sp³-hybridized carbons (Fsp3) is 0.424. The number of hydrogen-bond acceptors (Lipinski definition) is 5. The fourth-order valence-electron chi connectivity index (χ4n) is 7.25. The minimum absolute atomic E-state index is 0.0623. The summed E-state index contributed by atoms with van der Waals surface area (Å²) in [7, 11) is 1.73. The normalized spacial score (nSPS) is 26.6. The predicted molar refractivity (Wildman–Crippen MR) is 169 cm³/mol. The van der Waals surface area contributed by atoms with E-state index >= 15 is 0 Å². The molecule has 2 unspecified atom stereocenters. The van der Waals surface area contributed by atoms with Gasteiger partial charge in [-0.25, -0.2) is 0 Å². The van der Waals surface area contributed by atoms with Crippen LogP contribution in [0.2, 0.25) is 5.02 Å². The molecule has 3 heterocycles. The van der Waals surface area contributed by atoms with Crippen LogP contribution in [0.3, 0.4) is 0 Å². The van der Waals surface area contributed by atoms with Crippen molar-refractivity contribution in [1.29, 1.82) is 0 Å². The molecule has 42 heavy (non-hydrogen) atoms. The summed E-state index contributed by atoms with van der Waals surface area (Å²) >= 11 is 8.29. The second-order valence-electron chi connectivity index (χ2n) is 11.5. The molecule has 3 amide bonds. The lowest BCUT2D eigenvalue weighted by atomic mass is 9.70. The van der Waals surface area contributed by atoms with Gasteiger partial charge in [-0.15, -0.1) is 24.9 Å². The summed E-state index contributed by atoms with van der Waals surface area (Å²) in [4.78, 5) is 48.2. The number of carbonyl (C=O) groups is 3. The van der Waals surface area contributed by atoms with Gasteiger partial charge in [-0.05, 0) is 43.4 Å². The van der Waals surface area contributed by atoms with Crippen LogP contribution >= 0.6 is 23.4 Å². The molecule has 1 spiro atoms.